The van der Waals surface area contributed by atoms with Crippen LogP contribution in [0.4, 0.5) is 30.2 Å². The Morgan fingerprint density at radius 2 is 1.90 bits per heavy atom. The number of nitrogens with two attached hydrogens (primary N) is 1. The fraction of sp³-hybridized carbons (Fsp3) is 0.143. The van der Waals surface area contributed by atoms with E-state index in [2.05, 4.69) is 5.32 Å². The van der Waals surface area contributed by atoms with Gasteiger partial charge in [-0.15, -0.1) is 0 Å². The molecule has 0 fully saturated rings. The van der Waals surface area contributed by atoms with Crippen LogP contribution in [0.25, 0.3) is 0 Å². The largest absolute Gasteiger partial charge is 0.494 e. The fourth-order valence-corrected chi connectivity index (χ4v) is 1.77. The number of hydrogen-bond donors (Lipinski definition) is 2. The zero-order valence-electron chi connectivity index (χ0n) is 10.7. The van der Waals surface area contributed by atoms with Gasteiger partial charge in [0, 0.05) is 28.7 Å². The van der Waals surface area contributed by atoms with E-state index in [1.807, 2.05) is 0 Å². The van der Waals surface area contributed by atoms with Crippen LogP contribution in [0, 0.1) is 5.82 Å². The predicted octanol–water partition coefficient (Wildman–Crippen LogP) is 4.10. The quantitative estimate of drug-likeness (QED) is 0.830. The third-order valence-electron chi connectivity index (χ3n) is 2.74. The van der Waals surface area contributed by atoms with Crippen LogP contribution < -0.4 is 15.8 Å². The van der Waals surface area contributed by atoms with E-state index < -0.39 is 12.2 Å². The van der Waals surface area contributed by atoms with Crippen LogP contribution in [0.5, 0.6) is 5.75 Å². The van der Waals surface area contributed by atoms with Gasteiger partial charge in [0.1, 0.15) is 0 Å². The summed E-state index contributed by atoms with van der Waals surface area (Å²) in [5, 5.41) is 2.80. The first-order chi connectivity index (χ1) is 9.51. The van der Waals surface area contributed by atoms with Crippen LogP contribution in [0.15, 0.2) is 36.4 Å². The lowest BCUT2D eigenvalue weighted by atomic mass is 10.1. The number of benzene rings is 2. The first-order valence-electron chi connectivity index (χ1n) is 5.79. The monoisotopic (exact) mass is 282 g/mol. The third kappa shape index (κ3) is 2.96. The maximum absolute atomic E-state index is 13.3. The zero-order valence-corrected chi connectivity index (χ0v) is 10.7. The molecule has 0 aliphatic rings. The molecule has 2 rings (SSSR count). The van der Waals surface area contributed by atoms with Gasteiger partial charge in [-0.05, 0) is 30.3 Å². The summed E-state index contributed by atoms with van der Waals surface area (Å²) in [5.74, 6) is -0.492. The molecule has 20 heavy (non-hydrogen) atoms. The van der Waals surface area contributed by atoms with E-state index in [0.717, 1.165) is 0 Å². The molecule has 0 radical (unpaired) electrons. The van der Waals surface area contributed by atoms with Gasteiger partial charge in [0.15, 0.2) is 11.6 Å². The molecule has 0 aliphatic carbocycles. The molecule has 0 aromatic heterocycles. The minimum atomic E-state index is -2.66. The van der Waals surface area contributed by atoms with E-state index in [1.54, 1.807) is 0 Å². The van der Waals surface area contributed by atoms with Crippen LogP contribution in [0.1, 0.15) is 12.0 Å². The standard InChI is InChI=1S/C14H13F3N2O/c1-20-13-7-9(3-4-11(13)15)19-12-5-2-8(18)6-10(12)14(16)17/h2-7,14,19H,18H2,1H3. The van der Waals surface area contributed by atoms with Crippen LogP contribution in [-0.4, -0.2) is 7.11 Å². The van der Waals surface area contributed by atoms with E-state index in [4.69, 9.17) is 10.5 Å². The van der Waals surface area contributed by atoms with Gasteiger partial charge in [0.05, 0.1) is 7.11 Å². The Morgan fingerprint density at radius 3 is 2.55 bits per heavy atom. The number of ether oxygens (including phenoxy) is 1. The summed E-state index contributed by atoms with van der Waals surface area (Å²) in [4.78, 5) is 0. The van der Waals surface area contributed by atoms with Crippen molar-refractivity contribution in [3.8, 4) is 5.75 Å². The number of methoxy groups -OCH3 is 1. The van der Waals surface area contributed by atoms with Crippen molar-refractivity contribution in [2.75, 3.05) is 18.2 Å². The Kier molecular flexibility index (Phi) is 4.02. The molecule has 0 spiro atoms. The molecule has 2 aromatic rings. The van der Waals surface area contributed by atoms with E-state index in [-0.39, 0.29) is 22.7 Å². The zero-order chi connectivity index (χ0) is 14.7. The van der Waals surface area contributed by atoms with Crippen LogP contribution in [0.3, 0.4) is 0 Å². The molecule has 0 saturated carbocycles. The minimum absolute atomic E-state index is 0.0315. The van der Waals surface area contributed by atoms with Crippen molar-refractivity contribution in [1.82, 2.24) is 0 Å². The first kappa shape index (κ1) is 14.0. The average molecular weight is 282 g/mol. The summed E-state index contributed by atoms with van der Waals surface area (Å²) in [6.45, 7) is 0. The molecule has 3 N–H and O–H groups in total. The highest BCUT2D eigenvalue weighted by Crippen LogP contribution is 2.32. The average Bonchev–Trinajstić information content (AvgIpc) is 2.42. The molecule has 3 nitrogen and oxygen atoms in total. The van der Waals surface area contributed by atoms with Crippen molar-refractivity contribution < 1.29 is 17.9 Å². The molecule has 0 amide bonds. The van der Waals surface area contributed by atoms with E-state index >= 15 is 0 Å². The SMILES string of the molecule is COc1cc(Nc2ccc(N)cc2C(F)F)ccc1F. The van der Waals surface area contributed by atoms with Gasteiger partial charge >= 0.3 is 0 Å². The third-order valence-corrected chi connectivity index (χ3v) is 2.74. The molecule has 0 saturated heterocycles. The van der Waals surface area contributed by atoms with Gasteiger partial charge in [-0.3, -0.25) is 0 Å². The predicted molar refractivity (Wildman–Crippen MR) is 72.0 cm³/mol. The molecule has 0 heterocycles. The molecule has 0 unspecified atom stereocenters. The lowest BCUT2D eigenvalue weighted by molar-refractivity contribution is 0.152. The molecule has 0 atom stereocenters. The Hall–Kier alpha value is -2.37. The Bertz CT molecular complexity index is 617. The van der Waals surface area contributed by atoms with E-state index in [9.17, 15) is 13.2 Å². The Morgan fingerprint density at radius 1 is 1.15 bits per heavy atom. The van der Waals surface area contributed by atoms with Gasteiger partial charge in [0.25, 0.3) is 6.43 Å². The molecular weight excluding hydrogens is 269 g/mol. The number of anilines is 3. The first-order valence-corrected chi connectivity index (χ1v) is 5.79. The second kappa shape index (κ2) is 5.73. The number of rotatable bonds is 4. The Balaban J connectivity index is 2.34. The van der Waals surface area contributed by atoms with Crippen molar-refractivity contribution in [3.63, 3.8) is 0 Å². The van der Waals surface area contributed by atoms with Crippen LogP contribution >= 0.6 is 0 Å². The van der Waals surface area contributed by atoms with Gasteiger partial charge in [-0.25, -0.2) is 13.2 Å². The molecule has 106 valence electrons. The van der Waals surface area contributed by atoms with E-state index in [1.165, 1.54) is 43.5 Å². The van der Waals surface area contributed by atoms with Gasteiger partial charge < -0.3 is 15.8 Å². The molecule has 2 aromatic carbocycles. The van der Waals surface area contributed by atoms with Crippen LogP contribution in [0.2, 0.25) is 0 Å². The molecule has 0 aliphatic heterocycles. The fourth-order valence-electron chi connectivity index (χ4n) is 1.77. The number of nitrogen functional groups attached to an aromatic ring is 1. The summed E-state index contributed by atoms with van der Waals surface area (Å²) < 4.78 is 44.0. The molecular formula is C14H13F3N2O. The summed E-state index contributed by atoms with van der Waals surface area (Å²) in [6, 6.07) is 8.18. The van der Waals surface area contributed by atoms with Crippen molar-refractivity contribution in [3.05, 3.63) is 47.8 Å². The summed E-state index contributed by atoms with van der Waals surface area (Å²) in [6.07, 6.45) is -2.66. The van der Waals surface area contributed by atoms with Crippen molar-refractivity contribution >= 4 is 17.1 Å². The summed E-state index contributed by atoms with van der Waals surface area (Å²) in [7, 11) is 1.33. The van der Waals surface area contributed by atoms with Crippen molar-refractivity contribution in [2.24, 2.45) is 0 Å². The highest BCUT2D eigenvalue weighted by Gasteiger charge is 2.14. The topological polar surface area (TPSA) is 47.3 Å². The maximum atomic E-state index is 13.3. The van der Waals surface area contributed by atoms with Crippen molar-refractivity contribution in [2.45, 2.75) is 6.43 Å². The van der Waals surface area contributed by atoms with E-state index in [0.29, 0.717) is 5.69 Å². The number of nitrogens with one attached hydrogen (secondary N) is 1. The second-order valence-electron chi connectivity index (χ2n) is 4.12. The smallest absolute Gasteiger partial charge is 0.265 e. The van der Waals surface area contributed by atoms with Crippen LogP contribution in [-0.2, 0) is 0 Å². The maximum Gasteiger partial charge on any atom is 0.265 e. The highest BCUT2D eigenvalue weighted by molar-refractivity contribution is 5.67. The summed E-state index contributed by atoms with van der Waals surface area (Å²) >= 11 is 0. The van der Waals surface area contributed by atoms with Crippen molar-refractivity contribution in [1.29, 1.82) is 0 Å². The van der Waals surface area contributed by atoms with Gasteiger partial charge in [-0.1, -0.05) is 0 Å². The Labute approximate surface area is 114 Å². The lowest BCUT2D eigenvalue weighted by Crippen LogP contribution is -1.99. The second-order valence-corrected chi connectivity index (χ2v) is 4.12. The number of hydrogen-bond acceptors (Lipinski definition) is 3. The highest BCUT2D eigenvalue weighted by atomic mass is 19.3. The minimum Gasteiger partial charge on any atom is -0.494 e. The van der Waals surface area contributed by atoms with Gasteiger partial charge in [0.2, 0.25) is 0 Å². The number of halogens is 3. The lowest BCUT2D eigenvalue weighted by Gasteiger charge is -2.13. The van der Waals surface area contributed by atoms with Gasteiger partial charge in [-0.2, -0.15) is 0 Å². The molecule has 0 bridgehead atoms. The molecule has 6 heteroatoms. The number of alkyl halides is 2. The summed E-state index contributed by atoms with van der Waals surface area (Å²) in [5.41, 5.74) is 6.18. The normalized spacial score (nSPS) is 10.7.